The third kappa shape index (κ3) is 3.45. The summed E-state index contributed by atoms with van der Waals surface area (Å²) in [7, 11) is 0. The molecule has 0 aliphatic rings. The minimum absolute atomic E-state index is 0.0615. The van der Waals surface area contributed by atoms with Crippen LogP contribution in [0, 0.1) is 5.82 Å². The Kier molecular flexibility index (Phi) is 4.82. The van der Waals surface area contributed by atoms with Gasteiger partial charge in [0.25, 0.3) is 5.91 Å². The van der Waals surface area contributed by atoms with Crippen molar-refractivity contribution in [3.63, 3.8) is 0 Å². The molecule has 2 aromatic carbocycles. The number of halogens is 3. The van der Waals surface area contributed by atoms with Gasteiger partial charge in [-0.05, 0) is 62.2 Å². The number of carbonyl (C=O) groups excluding carboxylic acids is 1. The van der Waals surface area contributed by atoms with E-state index in [-0.39, 0.29) is 22.6 Å². The van der Waals surface area contributed by atoms with Crippen molar-refractivity contribution in [1.29, 1.82) is 0 Å². The number of hydrogen-bond acceptors (Lipinski definition) is 3. The third-order valence-corrected chi connectivity index (χ3v) is 3.95. The first-order valence-electron chi connectivity index (χ1n) is 5.82. The fraction of sp³-hybridized carbons (Fsp3) is 0. The summed E-state index contributed by atoms with van der Waals surface area (Å²) in [6.07, 6.45) is 0. The van der Waals surface area contributed by atoms with Crippen LogP contribution in [-0.4, -0.2) is 22.1 Å². The smallest absolute Gasteiger partial charge is 0.335 e. The van der Waals surface area contributed by atoms with Crippen molar-refractivity contribution in [1.82, 2.24) is 0 Å². The summed E-state index contributed by atoms with van der Waals surface area (Å²) in [5.41, 5.74) is -0.181. The molecule has 8 heteroatoms. The molecule has 2 aromatic rings. The molecule has 5 nitrogen and oxygen atoms in total. The molecular formula is C14H8Br2FNO4. The van der Waals surface area contributed by atoms with Crippen LogP contribution >= 0.6 is 31.9 Å². The van der Waals surface area contributed by atoms with Crippen molar-refractivity contribution >= 4 is 49.4 Å². The molecule has 0 unspecified atom stereocenters. The number of aromatic hydroxyl groups is 1. The van der Waals surface area contributed by atoms with E-state index in [9.17, 15) is 19.1 Å². The van der Waals surface area contributed by atoms with Crippen molar-refractivity contribution in [3.8, 4) is 5.75 Å². The maximum absolute atomic E-state index is 13.8. The fourth-order valence-corrected chi connectivity index (χ4v) is 2.83. The largest absolute Gasteiger partial charge is 0.506 e. The highest BCUT2D eigenvalue weighted by Crippen LogP contribution is 2.33. The van der Waals surface area contributed by atoms with E-state index in [0.29, 0.717) is 8.95 Å². The Morgan fingerprint density at radius 2 is 1.64 bits per heavy atom. The molecule has 0 aliphatic heterocycles. The minimum atomic E-state index is -1.26. The Bertz CT molecular complexity index is 756. The number of carboxylic acid groups (broad SMARTS) is 1. The van der Waals surface area contributed by atoms with Crippen molar-refractivity contribution in [2.75, 3.05) is 5.32 Å². The number of phenolic OH excluding ortho intramolecular Hbond substituents is 1. The Labute approximate surface area is 141 Å². The summed E-state index contributed by atoms with van der Waals surface area (Å²) >= 11 is 6.18. The van der Waals surface area contributed by atoms with Crippen LogP contribution < -0.4 is 5.32 Å². The zero-order chi connectivity index (χ0) is 16.4. The second-order valence-corrected chi connectivity index (χ2v) is 5.95. The molecule has 0 aromatic heterocycles. The first-order valence-corrected chi connectivity index (χ1v) is 7.40. The lowest BCUT2D eigenvalue weighted by Crippen LogP contribution is -2.13. The van der Waals surface area contributed by atoms with Crippen LogP contribution in [0.2, 0.25) is 0 Å². The van der Waals surface area contributed by atoms with Gasteiger partial charge in [-0.1, -0.05) is 0 Å². The lowest BCUT2D eigenvalue weighted by molar-refractivity contribution is 0.0696. The lowest BCUT2D eigenvalue weighted by Gasteiger charge is -2.09. The molecule has 114 valence electrons. The van der Waals surface area contributed by atoms with E-state index in [1.165, 1.54) is 24.3 Å². The predicted octanol–water partition coefficient (Wildman–Crippen LogP) is 4.01. The van der Waals surface area contributed by atoms with Crippen molar-refractivity contribution < 1.29 is 24.2 Å². The quantitative estimate of drug-likeness (QED) is 0.683. The Hall–Kier alpha value is -1.93. The first-order chi connectivity index (χ1) is 10.3. The molecular weight excluding hydrogens is 425 g/mol. The van der Waals surface area contributed by atoms with Crippen LogP contribution in [0.5, 0.6) is 5.75 Å². The highest BCUT2D eigenvalue weighted by atomic mass is 79.9. The number of carbonyl (C=O) groups is 2. The highest BCUT2D eigenvalue weighted by molar-refractivity contribution is 9.11. The van der Waals surface area contributed by atoms with Gasteiger partial charge in [0.1, 0.15) is 11.6 Å². The molecule has 0 aliphatic carbocycles. The zero-order valence-electron chi connectivity index (χ0n) is 10.7. The standard InChI is InChI=1S/C14H8Br2FNO4/c15-8-3-7(4-9(16)12(8)19)13(20)18-11-2-1-6(14(21)22)5-10(11)17/h1-5,19H,(H,18,20)(H,21,22). The molecule has 2 rings (SSSR count). The normalized spacial score (nSPS) is 10.3. The second kappa shape index (κ2) is 6.45. The Morgan fingerprint density at radius 1 is 1.05 bits per heavy atom. The average molecular weight is 433 g/mol. The number of phenols is 1. The summed E-state index contributed by atoms with van der Waals surface area (Å²) in [5, 5.41) is 20.7. The Morgan fingerprint density at radius 3 is 2.14 bits per heavy atom. The summed E-state index contributed by atoms with van der Waals surface area (Å²) in [5.74, 6) is -2.79. The molecule has 0 fully saturated rings. The number of hydrogen-bond donors (Lipinski definition) is 3. The molecule has 0 radical (unpaired) electrons. The van der Waals surface area contributed by atoms with Crippen LogP contribution in [0.3, 0.4) is 0 Å². The van der Waals surface area contributed by atoms with Crippen molar-refractivity contribution in [2.45, 2.75) is 0 Å². The predicted molar refractivity (Wildman–Crippen MR) is 84.8 cm³/mol. The number of carboxylic acids is 1. The highest BCUT2D eigenvalue weighted by Gasteiger charge is 2.15. The van der Waals surface area contributed by atoms with Gasteiger partial charge < -0.3 is 15.5 Å². The Balaban J connectivity index is 2.28. The summed E-state index contributed by atoms with van der Waals surface area (Å²) in [6.45, 7) is 0. The van der Waals surface area contributed by atoms with E-state index >= 15 is 0 Å². The molecule has 0 saturated carbocycles. The number of anilines is 1. The second-order valence-electron chi connectivity index (χ2n) is 4.24. The number of benzene rings is 2. The van der Waals surface area contributed by atoms with Gasteiger partial charge in [-0.25, -0.2) is 9.18 Å². The number of rotatable bonds is 3. The topological polar surface area (TPSA) is 86.6 Å². The molecule has 3 N–H and O–H groups in total. The minimum Gasteiger partial charge on any atom is -0.506 e. The maximum atomic E-state index is 13.8. The summed E-state index contributed by atoms with van der Waals surface area (Å²) in [4.78, 5) is 22.8. The fourth-order valence-electron chi connectivity index (χ4n) is 1.64. The molecule has 0 bridgehead atoms. The number of amides is 1. The molecule has 22 heavy (non-hydrogen) atoms. The third-order valence-electron chi connectivity index (χ3n) is 2.74. The van der Waals surface area contributed by atoms with E-state index in [2.05, 4.69) is 37.2 Å². The van der Waals surface area contributed by atoms with Gasteiger partial charge in [0.2, 0.25) is 0 Å². The molecule has 0 heterocycles. The van der Waals surface area contributed by atoms with Gasteiger partial charge in [-0.2, -0.15) is 0 Å². The average Bonchev–Trinajstić information content (AvgIpc) is 2.46. The van der Waals surface area contributed by atoms with Gasteiger partial charge in [-0.3, -0.25) is 4.79 Å². The van der Waals surface area contributed by atoms with Gasteiger partial charge in [0, 0.05) is 5.56 Å². The monoisotopic (exact) mass is 431 g/mol. The van der Waals surface area contributed by atoms with Gasteiger partial charge in [0.15, 0.2) is 0 Å². The summed E-state index contributed by atoms with van der Waals surface area (Å²) in [6, 6.07) is 5.92. The van der Waals surface area contributed by atoms with Gasteiger partial charge in [0.05, 0.1) is 20.2 Å². The van der Waals surface area contributed by atoms with Gasteiger partial charge >= 0.3 is 5.97 Å². The van der Waals surface area contributed by atoms with Crippen molar-refractivity contribution in [2.24, 2.45) is 0 Å². The van der Waals surface area contributed by atoms with Crippen LogP contribution in [0.15, 0.2) is 39.3 Å². The number of aromatic carboxylic acids is 1. The number of nitrogens with one attached hydrogen (secondary N) is 1. The van der Waals surface area contributed by atoms with E-state index < -0.39 is 17.7 Å². The summed E-state index contributed by atoms with van der Waals surface area (Å²) < 4.78 is 14.4. The molecule has 0 atom stereocenters. The lowest BCUT2D eigenvalue weighted by atomic mass is 10.1. The van der Waals surface area contributed by atoms with Crippen LogP contribution in [0.25, 0.3) is 0 Å². The SMILES string of the molecule is O=C(O)c1ccc(NC(=O)c2cc(Br)c(O)c(Br)c2)c(F)c1. The van der Waals surface area contributed by atoms with Crippen LogP contribution in [-0.2, 0) is 0 Å². The molecule has 0 saturated heterocycles. The van der Waals surface area contributed by atoms with E-state index in [4.69, 9.17) is 5.11 Å². The van der Waals surface area contributed by atoms with Gasteiger partial charge in [-0.15, -0.1) is 0 Å². The maximum Gasteiger partial charge on any atom is 0.335 e. The van der Waals surface area contributed by atoms with E-state index in [0.717, 1.165) is 6.07 Å². The van der Waals surface area contributed by atoms with E-state index in [1.807, 2.05) is 0 Å². The first kappa shape index (κ1) is 16.4. The molecule has 1 amide bonds. The van der Waals surface area contributed by atoms with Crippen LogP contribution in [0.1, 0.15) is 20.7 Å². The van der Waals surface area contributed by atoms with E-state index in [1.54, 1.807) is 0 Å². The van der Waals surface area contributed by atoms with Crippen LogP contribution in [0.4, 0.5) is 10.1 Å². The molecule has 0 spiro atoms. The van der Waals surface area contributed by atoms with Crippen molar-refractivity contribution in [3.05, 3.63) is 56.2 Å². The zero-order valence-corrected chi connectivity index (χ0v) is 13.9.